The number of rotatable bonds is 21. The quantitative estimate of drug-likeness (QED) is 0.0238. The number of unbranched alkanes of at least 4 members (excludes halogenated alkanes) is 1. The van der Waals surface area contributed by atoms with E-state index >= 15 is 0 Å². The molecule has 10 N–H and O–H groups in total. The maximum Gasteiger partial charge on any atom is 0.389 e. The normalized spacial score (nSPS) is 12.1. The molecule has 0 radical (unpaired) electrons. The molecule has 0 spiro atoms. The summed E-state index contributed by atoms with van der Waals surface area (Å²) in [7, 11) is 0. The zero-order valence-corrected chi connectivity index (χ0v) is 77.8. The van der Waals surface area contributed by atoms with Gasteiger partial charge in [-0.15, -0.1) is 5.92 Å². The lowest BCUT2D eigenvalue weighted by atomic mass is 9.89. The maximum absolute atomic E-state index is 12.3. The molecule has 17 aromatic rings. The minimum absolute atomic E-state index is 0.0362. The van der Waals surface area contributed by atoms with Gasteiger partial charge in [-0.25, -0.2) is 54.8 Å². The SMILES string of the molecule is CC#CCn1cnc(=N)c2[nH]c(Sc3cc(C)cc(Cl)c3)nc21.Cc1cc(Cl)cc(Sc2nc3c(N)ncnc3n2Cc2ccccc2)c1.Cc1cc(Cl)cc(Sc2nc3c([nH]2)c(=N)ncn3CC2CCCCC2)c1.Cc1cc(Cl)cc(Sc2nc3c([nH]2)c(=N)ncn3CCCCC(F)(F)F)c1.Cc1cc(Cl)cc(Sc2nc3c([nH]2)c(=N)ncn3Cc2ccccc2)c1. The standard InChI is InChI=1S/C19H22ClN5S.2C19H16ClN5S.C17H17ClF3N5S.C16H14ClN5S/c2*1-12-7-14(20)9-15(8-12)26-19-23-16-17(21)22-11-25(18(16)24-19)10-13-5-3-2-4-6-13;1-12-7-14(20)9-15(8-12)26-19-24-16-17(21)22-11-23-18(16)25(19)10-13-5-3-2-4-6-13;1-10-6-11(18)8-12(7-10)27-16-24-13-14(22)23-9-26(15(13)25-16)5-3-2-4-17(19,20)21;1-3-4-5-22-9-19-14(18)13-15(22)21-16(20-13)23-12-7-10(2)6-11(17)8-12/h7-9,11,13,21H,2-6,10H2,1H3,(H,23,24);2-9,11,21H,10H2,1H3,(H,23,24);2-9,11H,10H2,1H3,(H2,21,22,23);6-9,22H,2-5H2,1H3,(H,24,25);6-9,18H,5H2,1-2H3,(H,20,21). The number of nitrogens with zero attached hydrogens (tertiary/aromatic N) is 16. The van der Waals surface area contributed by atoms with E-state index in [1.54, 1.807) is 42.2 Å². The van der Waals surface area contributed by atoms with E-state index in [-0.39, 0.29) is 28.4 Å². The Balaban J connectivity index is 0.000000130. The van der Waals surface area contributed by atoms with Gasteiger partial charge in [0, 0.05) is 69.1 Å². The number of H-pyrrole nitrogens is 4. The average Bonchev–Trinajstić information content (AvgIpc) is 1.64. The van der Waals surface area contributed by atoms with Gasteiger partial charge >= 0.3 is 6.18 Å². The first-order valence-corrected chi connectivity index (χ1v) is 46.3. The Kier molecular flexibility index (Phi) is 31.1. The molecule has 1 aliphatic rings. The maximum atomic E-state index is 12.3. The third-order valence-electron chi connectivity index (χ3n) is 19.8. The van der Waals surface area contributed by atoms with Gasteiger partial charge in [-0.3, -0.25) is 26.2 Å². The highest BCUT2D eigenvalue weighted by molar-refractivity contribution is 8.00. The van der Waals surface area contributed by atoms with E-state index < -0.39 is 12.6 Å². The first-order valence-electron chi connectivity index (χ1n) is 40.3. The number of imidazole rings is 5. The van der Waals surface area contributed by atoms with Gasteiger partial charge in [0.2, 0.25) is 0 Å². The first-order chi connectivity index (χ1) is 61.5. The summed E-state index contributed by atoms with van der Waals surface area (Å²) in [4.78, 5) is 65.8. The fourth-order valence-corrected chi connectivity index (χ4v) is 20.6. The Labute approximate surface area is 779 Å². The molecule has 0 aliphatic heterocycles. The van der Waals surface area contributed by atoms with E-state index in [1.165, 1.54) is 91.8 Å². The third kappa shape index (κ3) is 25.2. The van der Waals surface area contributed by atoms with Gasteiger partial charge < -0.3 is 43.9 Å². The number of hydrogen-bond donors (Lipinski definition) is 9. The molecular formula is C90H85Cl5F3N25S5. The van der Waals surface area contributed by atoms with Gasteiger partial charge in [-0.1, -0.05) is 203 Å². The van der Waals surface area contributed by atoms with Gasteiger partial charge in [-0.2, -0.15) is 13.2 Å². The fraction of sp³-hybridized carbons (Fsp3) is 0.233. The molecule has 18 rings (SSSR count). The van der Waals surface area contributed by atoms with Crippen molar-refractivity contribution in [1.82, 2.24) is 97.6 Å². The zero-order chi connectivity index (χ0) is 90.3. The molecule has 128 heavy (non-hydrogen) atoms. The molecule has 0 bridgehead atoms. The number of alkyl halides is 3. The second-order valence-electron chi connectivity index (χ2n) is 30.2. The van der Waals surface area contributed by atoms with Crippen LogP contribution in [0.2, 0.25) is 25.1 Å². The number of nitrogen functional groups attached to an aromatic ring is 1. The molecular weight excluding hydrogens is 1830 g/mol. The van der Waals surface area contributed by atoms with Gasteiger partial charge in [0.1, 0.15) is 28.4 Å². The van der Waals surface area contributed by atoms with Crippen LogP contribution in [0.25, 0.3) is 55.8 Å². The number of aromatic amines is 4. The number of halogens is 8. The lowest BCUT2D eigenvalue weighted by molar-refractivity contribution is -0.135. The molecule has 0 amide bonds. The van der Waals surface area contributed by atoms with Crippen molar-refractivity contribution in [3.8, 4) is 11.8 Å². The van der Waals surface area contributed by atoms with Crippen LogP contribution < -0.4 is 27.7 Å². The Bertz CT molecular complexity index is 7070. The molecule has 38 heteroatoms. The van der Waals surface area contributed by atoms with E-state index in [0.29, 0.717) is 119 Å². The number of fused-ring (bicyclic) bond motifs is 5. The summed E-state index contributed by atoms with van der Waals surface area (Å²) >= 11 is 38.1. The Hall–Kier alpha value is -11.2. The van der Waals surface area contributed by atoms with E-state index in [9.17, 15) is 13.2 Å². The zero-order valence-electron chi connectivity index (χ0n) is 69.9. The fourth-order valence-electron chi connectivity index (χ4n) is 14.1. The highest BCUT2D eigenvalue weighted by atomic mass is 35.5. The number of nitrogens with one attached hydrogen (secondary N) is 8. The monoisotopic (exact) mass is 1910 g/mol. The van der Waals surface area contributed by atoms with Crippen molar-refractivity contribution in [2.24, 2.45) is 5.92 Å². The van der Waals surface area contributed by atoms with Crippen LogP contribution in [0.3, 0.4) is 0 Å². The van der Waals surface area contributed by atoms with E-state index in [0.717, 1.165) is 102 Å². The Morgan fingerprint density at radius 2 is 0.812 bits per heavy atom. The number of aromatic nitrogens is 20. The molecule has 7 aromatic carbocycles. The van der Waals surface area contributed by atoms with E-state index in [2.05, 4.69) is 123 Å². The number of benzene rings is 7. The Morgan fingerprint density at radius 3 is 1.23 bits per heavy atom. The predicted molar refractivity (Wildman–Crippen MR) is 503 cm³/mol. The van der Waals surface area contributed by atoms with Crippen molar-refractivity contribution in [3.63, 3.8) is 0 Å². The molecule has 0 saturated heterocycles. The first kappa shape index (κ1) is 93.0. The lowest BCUT2D eigenvalue weighted by Gasteiger charge is -2.22. The van der Waals surface area contributed by atoms with Crippen LogP contribution in [-0.2, 0) is 32.7 Å². The van der Waals surface area contributed by atoms with Crippen molar-refractivity contribution in [2.75, 3.05) is 5.73 Å². The summed E-state index contributed by atoms with van der Waals surface area (Å²) < 4.78 is 46.5. The summed E-state index contributed by atoms with van der Waals surface area (Å²) in [5.41, 5.74) is 20.8. The summed E-state index contributed by atoms with van der Waals surface area (Å²) in [6.45, 7) is 14.8. The highest BCUT2D eigenvalue weighted by Crippen LogP contribution is 2.38. The molecule has 1 aliphatic carbocycles. The summed E-state index contributed by atoms with van der Waals surface area (Å²) in [6, 6.07) is 49.6. The van der Waals surface area contributed by atoms with Crippen LogP contribution in [0.5, 0.6) is 0 Å². The molecule has 25 nitrogen and oxygen atoms in total. The minimum atomic E-state index is -4.14. The van der Waals surface area contributed by atoms with Crippen molar-refractivity contribution in [2.45, 2.75) is 182 Å². The summed E-state index contributed by atoms with van der Waals surface area (Å²) in [5, 5.41) is 39.1. The minimum Gasteiger partial charge on any atom is -0.382 e. The third-order valence-corrected chi connectivity index (χ3v) is 25.2. The number of hydrogen-bond acceptors (Lipinski definition) is 21. The molecule has 0 atom stereocenters. The number of aryl methyl sites for hydroxylation is 6. The van der Waals surface area contributed by atoms with Crippen molar-refractivity contribution in [1.29, 1.82) is 21.6 Å². The van der Waals surface area contributed by atoms with Crippen LogP contribution in [0, 0.1) is 74.0 Å². The van der Waals surface area contributed by atoms with Crippen molar-refractivity contribution >= 4 is 178 Å². The van der Waals surface area contributed by atoms with E-state index in [4.69, 9.17) is 100 Å². The topological polar surface area (TPSA) is 351 Å². The Morgan fingerprint density at radius 1 is 0.438 bits per heavy atom. The van der Waals surface area contributed by atoms with Gasteiger partial charge in [-0.05, 0) is 203 Å². The van der Waals surface area contributed by atoms with Crippen LogP contribution in [0.4, 0.5) is 19.0 Å². The molecule has 10 heterocycles. The smallest absolute Gasteiger partial charge is 0.382 e. The van der Waals surface area contributed by atoms with Crippen LogP contribution >= 0.6 is 117 Å². The number of anilines is 1. The molecule has 1 saturated carbocycles. The molecule has 656 valence electrons. The van der Waals surface area contributed by atoms with E-state index in [1.807, 2.05) is 153 Å². The largest absolute Gasteiger partial charge is 0.389 e. The highest BCUT2D eigenvalue weighted by Gasteiger charge is 2.27. The van der Waals surface area contributed by atoms with Crippen LogP contribution in [0.15, 0.2) is 234 Å². The molecule has 10 aromatic heterocycles. The number of nitrogens with two attached hydrogens (primary N) is 1. The van der Waals surface area contributed by atoms with Gasteiger partial charge in [0.05, 0.1) is 44.9 Å². The predicted octanol–water partition coefficient (Wildman–Crippen LogP) is 22.4. The van der Waals surface area contributed by atoms with Gasteiger partial charge in [0.25, 0.3) is 0 Å². The second kappa shape index (κ2) is 42.8. The summed E-state index contributed by atoms with van der Waals surface area (Å²) in [6.07, 6.45) is 9.87. The molecule has 1 fully saturated rings. The van der Waals surface area contributed by atoms with Crippen LogP contribution in [0.1, 0.15) is 97.2 Å². The average molecular weight is 1910 g/mol. The second-order valence-corrected chi connectivity index (χ2v) is 37.6. The summed E-state index contributed by atoms with van der Waals surface area (Å²) in [5.74, 6) is 6.89. The van der Waals surface area contributed by atoms with Crippen LogP contribution in [-0.4, -0.2) is 104 Å². The van der Waals surface area contributed by atoms with Gasteiger partial charge in [0.15, 0.2) is 87.3 Å². The van der Waals surface area contributed by atoms with Crippen molar-refractivity contribution < 1.29 is 13.2 Å². The lowest BCUT2D eigenvalue weighted by Crippen LogP contribution is -2.18. The van der Waals surface area contributed by atoms with Crippen molar-refractivity contribution in [3.05, 3.63) is 269 Å². The molecule has 0 unspecified atom stereocenters.